The van der Waals surface area contributed by atoms with Gasteiger partial charge in [-0.05, 0) is 5.56 Å². The molecule has 1 rings (SSSR count). The molecule has 3 heteroatoms. The first-order valence-corrected chi connectivity index (χ1v) is 3.60. The van der Waals surface area contributed by atoms with Crippen LogP contribution in [0.25, 0.3) is 0 Å². The Hall–Kier alpha value is -1.02. The molecule has 0 aliphatic carbocycles. The molecule has 11 heavy (non-hydrogen) atoms. The van der Waals surface area contributed by atoms with Crippen molar-refractivity contribution < 1.29 is 4.79 Å². The van der Waals surface area contributed by atoms with E-state index in [4.69, 9.17) is 11.6 Å². The first-order valence-electron chi connectivity index (χ1n) is 3.16. The summed E-state index contributed by atoms with van der Waals surface area (Å²) in [7, 11) is 0. The Morgan fingerprint density at radius 2 is 2.00 bits per heavy atom. The molecular weight excluding hydrogens is 162 g/mol. The number of hydrogen-bond acceptors (Lipinski definition) is 1. The van der Waals surface area contributed by atoms with Gasteiger partial charge in [0.1, 0.15) is 5.50 Å². The van der Waals surface area contributed by atoms with Gasteiger partial charge in [0.15, 0.2) is 0 Å². The van der Waals surface area contributed by atoms with E-state index in [9.17, 15) is 4.79 Å². The van der Waals surface area contributed by atoms with Gasteiger partial charge in [-0.3, -0.25) is 4.79 Å². The van der Waals surface area contributed by atoms with Crippen LogP contribution in [-0.4, -0.2) is 6.41 Å². The third kappa shape index (κ3) is 2.24. The van der Waals surface area contributed by atoms with Crippen LogP contribution in [0.1, 0.15) is 11.1 Å². The molecule has 0 heterocycles. The second kappa shape index (κ2) is 3.98. The molecule has 1 aromatic rings. The lowest BCUT2D eigenvalue weighted by molar-refractivity contribution is 0.540. The molecule has 2 nitrogen and oxygen atoms in total. The molecule has 0 saturated carbocycles. The zero-order valence-corrected chi connectivity index (χ0v) is 6.51. The average Bonchev–Trinajstić information content (AvgIpc) is 2.07. The maximum atomic E-state index is 9.87. The van der Waals surface area contributed by atoms with Gasteiger partial charge in [-0.2, -0.15) is 0 Å². The predicted molar refractivity (Wildman–Crippen MR) is 43.9 cm³/mol. The number of nitrogens with one attached hydrogen (secondary N) is 1. The zero-order valence-electron chi connectivity index (χ0n) is 5.75. The first-order chi connectivity index (χ1) is 5.34. The number of rotatable bonds is 3. The molecule has 0 aliphatic rings. The highest BCUT2D eigenvalue weighted by Crippen LogP contribution is 2.14. The van der Waals surface area contributed by atoms with E-state index in [1.807, 2.05) is 30.3 Å². The third-order valence-corrected chi connectivity index (χ3v) is 1.64. The molecule has 1 unspecified atom stereocenters. The van der Waals surface area contributed by atoms with Crippen molar-refractivity contribution in [2.75, 3.05) is 0 Å². The topological polar surface area (TPSA) is 29.1 Å². The Bertz CT molecular complexity index is 225. The van der Waals surface area contributed by atoms with Crippen LogP contribution in [-0.2, 0) is 4.79 Å². The van der Waals surface area contributed by atoms with Crippen LogP contribution in [0.5, 0.6) is 0 Å². The summed E-state index contributed by atoms with van der Waals surface area (Å²) in [6, 6.07) is 9.27. The average molecular weight is 169 g/mol. The maximum absolute atomic E-state index is 9.87. The summed E-state index contributed by atoms with van der Waals surface area (Å²) in [5.74, 6) is 0. The largest absolute Gasteiger partial charge is 0.328 e. The summed E-state index contributed by atoms with van der Waals surface area (Å²) >= 11 is 5.73. The number of amides is 1. The van der Waals surface area contributed by atoms with Crippen LogP contribution in [0.3, 0.4) is 0 Å². The smallest absolute Gasteiger partial charge is 0.310 e. The van der Waals surface area contributed by atoms with Crippen LogP contribution < -0.4 is 5.32 Å². The summed E-state index contributed by atoms with van der Waals surface area (Å²) in [4.78, 5) is 9.87. The molecular formula is C8H7ClNO. The van der Waals surface area contributed by atoms with Gasteiger partial charge < -0.3 is 5.32 Å². The van der Waals surface area contributed by atoms with Crippen LogP contribution in [0.2, 0.25) is 0 Å². The number of hydrogen-bond donors (Lipinski definition) is 1. The molecule has 1 aromatic carbocycles. The lowest BCUT2D eigenvalue weighted by atomic mass is 10.2. The summed E-state index contributed by atoms with van der Waals surface area (Å²) in [6.45, 7) is 0. The van der Waals surface area contributed by atoms with Crippen molar-refractivity contribution in [3.8, 4) is 0 Å². The van der Waals surface area contributed by atoms with Crippen molar-refractivity contribution in [1.29, 1.82) is 0 Å². The van der Waals surface area contributed by atoms with Crippen molar-refractivity contribution in [3.05, 3.63) is 35.9 Å². The fraction of sp³-hybridized carbons (Fsp3) is 0.125. The molecule has 57 valence electrons. The van der Waals surface area contributed by atoms with Gasteiger partial charge in [0.05, 0.1) is 0 Å². The van der Waals surface area contributed by atoms with E-state index in [1.54, 1.807) is 0 Å². The normalized spacial score (nSPS) is 12.1. The van der Waals surface area contributed by atoms with E-state index in [0.29, 0.717) is 0 Å². The molecule has 0 bridgehead atoms. The minimum Gasteiger partial charge on any atom is -0.328 e. The molecule has 1 atom stereocenters. The quantitative estimate of drug-likeness (QED) is 0.415. The fourth-order valence-corrected chi connectivity index (χ4v) is 0.947. The van der Waals surface area contributed by atoms with Gasteiger partial charge in [-0.1, -0.05) is 41.9 Å². The Kier molecular flexibility index (Phi) is 2.93. The SMILES string of the molecule is O=[C]NC(Cl)c1ccccc1. The molecule has 0 fully saturated rings. The van der Waals surface area contributed by atoms with Crippen LogP contribution in [0.4, 0.5) is 0 Å². The van der Waals surface area contributed by atoms with Crippen molar-refractivity contribution in [3.63, 3.8) is 0 Å². The van der Waals surface area contributed by atoms with Crippen LogP contribution >= 0.6 is 11.6 Å². The van der Waals surface area contributed by atoms with Crippen LogP contribution in [0.15, 0.2) is 30.3 Å². The molecule has 1 N–H and O–H groups in total. The second-order valence-corrected chi connectivity index (χ2v) is 2.46. The maximum Gasteiger partial charge on any atom is 0.310 e. The Labute approximate surface area is 70.2 Å². The second-order valence-electron chi connectivity index (χ2n) is 2.02. The summed E-state index contributed by atoms with van der Waals surface area (Å²) < 4.78 is 0. The minimum absolute atomic E-state index is 0.478. The van der Waals surface area contributed by atoms with Gasteiger partial charge in [-0.15, -0.1) is 0 Å². The molecule has 0 saturated heterocycles. The number of halogens is 1. The van der Waals surface area contributed by atoms with Crippen LogP contribution in [0, 0.1) is 0 Å². The Morgan fingerprint density at radius 1 is 1.36 bits per heavy atom. The number of carbonyl (C=O) groups excluding carboxylic acids is 1. The standard InChI is InChI=1S/C8H7ClNO/c9-8(10-6-11)7-4-2-1-3-5-7/h1-5,8H,(H,10,11). The monoisotopic (exact) mass is 168 g/mol. The Balaban J connectivity index is 2.68. The van der Waals surface area contributed by atoms with Crippen molar-refractivity contribution >= 4 is 18.0 Å². The van der Waals surface area contributed by atoms with E-state index in [2.05, 4.69) is 5.32 Å². The molecule has 0 aromatic heterocycles. The predicted octanol–water partition coefficient (Wildman–Crippen LogP) is 1.58. The molecule has 1 amide bonds. The summed E-state index contributed by atoms with van der Waals surface area (Å²) in [5.41, 5.74) is 0.381. The number of alkyl halides is 1. The summed E-state index contributed by atoms with van der Waals surface area (Å²) in [6.07, 6.45) is 1.53. The van der Waals surface area contributed by atoms with E-state index in [1.165, 1.54) is 6.41 Å². The van der Waals surface area contributed by atoms with E-state index < -0.39 is 5.50 Å². The van der Waals surface area contributed by atoms with Gasteiger partial charge in [-0.25, -0.2) is 0 Å². The summed E-state index contributed by atoms with van der Waals surface area (Å²) in [5, 5.41) is 2.32. The van der Waals surface area contributed by atoms with E-state index in [-0.39, 0.29) is 0 Å². The van der Waals surface area contributed by atoms with Gasteiger partial charge >= 0.3 is 6.41 Å². The highest BCUT2D eigenvalue weighted by atomic mass is 35.5. The lowest BCUT2D eigenvalue weighted by Gasteiger charge is -2.05. The molecule has 1 radical (unpaired) electrons. The Morgan fingerprint density at radius 3 is 2.55 bits per heavy atom. The van der Waals surface area contributed by atoms with Crippen molar-refractivity contribution in [1.82, 2.24) is 5.32 Å². The molecule has 0 aliphatic heterocycles. The highest BCUT2D eigenvalue weighted by Gasteiger charge is 2.03. The van der Waals surface area contributed by atoms with Gasteiger partial charge in [0, 0.05) is 0 Å². The van der Waals surface area contributed by atoms with Crippen molar-refractivity contribution in [2.45, 2.75) is 5.50 Å². The third-order valence-electron chi connectivity index (χ3n) is 1.28. The lowest BCUT2D eigenvalue weighted by Crippen LogP contribution is -2.13. The van der Waals surface area contributed by atoms with Gasteiger partial charge in [0.25, 0.3) is 0 Å². The fourth-order valence-electron chi connectivity index (χ4n) is 0.757. The van der Waals surface area contributed by atoms with E-state index in [0.717, 1.165) is 5.56 Å². The minimum atomic E-state index is -0.478. The van der Waals surface area contributed by atoms with E-state index >= 15 is 0 Å². The van der Waals surface area contributed by atoms with Crippen molar-refractivity contribution in [2.24, 2.45) is 0 Å². The highest BCUT2D eigenvalue weighted by molar-refractivity contribution is 6.21. The molecule has 0 spiro atoms. The number of benzene rings is 1. The zero-order chi connectivity index (χ0) is 8.10. The first kappa shape index (κ1) is 8.08. The van der Waals surface area contributed by atoms with Gasteiger partial charge in [0.2, 0.25) is 0 Å².